The average Bonchev–Trinajstić information content (AvgIpc) is 2.88. The lowest BCUT2D eigenvalue weighted by Gasteiger charge is -2.13. The molecule has 0 amide bonds. The first-order valence-electron chi connectivity index (χ1n) is 10.5. The molecule has 0 saturated carbocycles. The van der Waals surface area contributed by atoms with Crippen molar-refractivity contribution in [2.75, 3.05) is 11.8 Å². The van der Waals surface area contributed by atoms with Crippen LogP contribution in [0.15, 0.2) is 84.3 Å². The predicted octanol–water partition coefficient (Wildman–Crippen LogP) is 4.84. The summed E-state index contributed by atoms with van der Waals surface area (Å²) in [6, 6.07) is 13.1. The Kier molecular flexibility index (Phi) is 5.98. The third-order valence-corrected chi connectivity index (χ3v) is 6.84. The van der Waals surface area contributed by atoms with Gasteiger partial charge < -0.3 is 4.74 Å². The maximum Gasteiger partial charge on any atom is 0.264 e. The van der Waals surface area contributed by atoms with Crippen LogP contribution in [0.2, 0.25) is 0 Å². The molecule has 3 heterocycles. The van der Waals surface area contributed by atoms with Gasteiger partial charge in [0.25, 0.3) is 10.0 Å². The quantitative estimate of drug-likeness (QED) is 0.352. The number of nitrogens with one attached hydrogen (secondary N) is 1. The van der Waals surface area contributed by atoms with E-state index in [-0.39, 0.29) is 11.6 Å². The highest BCUT2D eigenvalue weighted by molar-refractivity contribution is 7.92. The number of hydrogen-bond acceptors (Lipinski definition) is 7. The summed E-state index contributed by atoms with van der Waals surface area (Å²) >= 11 is 0. The monoisotopic (exact) mass is 505 g/mol. The van der Waals surface area contributed by atoms with E-state index in [4.69, 9.17) is 4.74 Å². The van der Waals surface area contributed by atoms with Gasteiger partial charge in [-0.25, -0.2) is 22.2 Å². The Bertz CT molecular complexity index is 1700. The van der Waals surface area contributed by atoms with Gasteiger partial charge in [0.1, 0.15) is 22.2 Å². The minimum Gasteiger partial charge on any atom is -0.480 e. The highest BCUT2D eigenvalue weighted by atomic mass is 32.2. The number of fused-ring (bicyclic) bond motifs is 1. The predicted molar refractivity (Wildman–Crippen MR) is 130 cm³/mol. The zero-order valence-corrected chi connectivity index (χ0v) is 19.5. The number of anilines is 1. The van der Waals surface area contributed by atoms with Crippen LogP contribution in [0, 0.1) is 11.6 Å². The lowest BCUT2D eigenvalue weighted by Crippen LogP contribution is -2.15. The zero-order valence-electron chi connectivity index (χ0n) is 18.7. The summed E-state index contributed by atoms with van der Waals surface area (Å²) in [5.41, 5.74) is 3.79. The van der Waals surface area contributed by atoms with Gasteiger partial charge in [-0.2, -0.15) is 10.2 Å². The van der Waals surface area contributed by atoms with Gasteiger partial charge in [-0.05, 0) is 47.5 Å². The number of nitrogens with zero attached hydrogens (tertiary/aromatic N) is 4. The number of halogens is 2. The maximum atomic E-state index is 14.2. The number of pyridine rings is 2. The van der Waals surface area contributed by atoms with Gasteiger partial charge in [0.15, 0.2) is 0 Å². The summed E-state index contributed by atoms with van der Waals surface area (Å²) in [6.45, 7) is 0. The summed E-state index contributed by atoms with van der Waals surface area (Å²) < 4.78 is 60.5. The van der Waals surface area contributed by atoms with E-state index in [0.717, 1.165) is 28.6 Å². The first-order chi connectivity index (χ1) is 17.4. The van der Waals surface area contributed by atoms with Crippen molar-refractivity contribution in [3.05, 3.63) is 91.0 Å². The number of methoxy groups -OCH3 is 1. The molecule has 5 rings (SSSR count). The van der Waals surface area contributed by atoms with Gasteiger partial charge in [0.2, 0.25) is 5.88 Å². The molecule has 0 aliphatic heterocycles. The Morgan fingerprint density at radius 3 is 2.44 bits per heavy atom. The normalized spacial score (nSPS) is 11.4. The van der Waals surface area contributed by atoms with Gasteiger partial charge in [-0.15, -0.1) is 0 Å². The standard InChI is InChI=1S/C25H17F2N5O3S/c1-35-25-23(32-36(33,34)24-5-3-18(26)12-21(24)27)11-17(13-29-25)15-2-4-20-19(7-8-28-22(20)10-15)16-6-9-30-31-14-16/h2-14,32H,1H3. The second kappa shape index (κ2) is 9.27. The topological polar surface area (TPSA) is 107 Å². The zero-order chi connectivity index (χ0) is 25.3. The number of sulfonamides is 1. The number of rotatable bonds is 6. The minimum atomic E-state index is -4.40. The first-order valence-corrected chi connectivity index (χ1v) is 12.0. The van der Waals surface area contributed by atoms with Gasteiger partial charge in [0.05, 0.1) is 25.0 Å². The van der Waals surface area contributed by atoms with Crippen molar-refractivity contribution in [3.63, 3.8) is 0 Å². The SMILES string of the molecule is COc1ncc(-c2ccc3c(-c4ccnnc4)ccnc3c2)cc1NS(=O)(=O)c1ccc(F)cc1F. The molecular formula is C25H17F2N5O3S. The van der Waals surface area contributed by atoms with Crippen LogP contribution in [-0.4, -0.2) is 35.7 Å². The Labute approximate surface area is 204 Å². The second-order valence-corrected chi connectivity index (χ2v) is 9.33. The van der Waals surface area contributed by atoms with Crippen molar-refractivity contribution in [2.24, 2.45) is 0 Å². The summed E-state index contributed by atoms with van der Waals surface area (Å²) in [6.07, 6.45) is 6.48. The summed E-state index contributed by atoms with van der Waals surface area (Å²) in [5, 5.41) is 8.63. The summed E-state index contributed by atoms with van der Waals surface area (Å²) in [4.78, 5) is 7.95. The van der Waals surface area contributed by atoms with Crippen LogP contribution in [0.5, 0.6) is 5.88 Å². The number of hydrogen-bond donors (Lipinski definition) is 1. The maximum absolute atomic E-state index is 14.2. The number of benzene rings is 2. The van der Waals surface area contributed by atoms with Crippen LogP contribution in [0.25, 0.3) is 33.2 Å². The van der Waals surface area contributed by atoms with E-state index in [1.165, 1.54) is 19.4 Å². The fraction of sp³-hybridized carbons (Fsp3) is 0.0400. The van der Waals surface area contributed by atoms with Crippen LogP contribution in [-0.2, 0) is 10.0 Å². The molecule has 2 aromatic carbocycles. The van der Waals surface area contributed by atoms with Gasteiger partial charge in [0, 0.05) is 35.0 Å². The van der Waals surface area contributed by atoms with Crippen molar-refractivity contribution < 1.29 is 21.9 Å². The molecule has 0 radical (unpaired) electrons. The van der Waals surface area contributed by atoms with Crippen LogP contribution in [0.3, 0.4) is 0 Å². The van der Waals surface area contributed by atoms with Crippen molar-refractivity contribution in [3.8, 4) is 28.1 Å². The smallest absolute Gasteiger partial charge is 0.264 e. The summed E-state index contributed by atoms with van der Waals surface area (Å²) in [5.74, 6) is -2.12. The highest BCUT2D eigenvalue weighted by Crippen LogP contribution is 2.33. The molecule has 0 saturated heterocycles. The first kappa shape index (κ1) is 23.2. The average molecular weight is 506 g/mol. The Morgan fingerprint density at radius 2 is 1.69 bits per heavy atom. The molecule has 8 nitrogen and oxygen atoms in total. The lowest BCUT2D eigenvalue weighted by molar-refractivity contribution is 0.400. The Morgan fingerprint density at radius 1 is 0.833 bits per heavy atom. The molecule has 0 aliphatic carbocycles. The molecule has 5 aromatic rings. The molecule has 0 spiro atoms. The van der Waals surface area contributed by atoms with Crippen LogP contribution < -0.4 is 9.46 Å². The van der Waals surface area contributed by atoms with Gasteiger partial charge >= 0.3 is 0 Å². The Hall–Kier alpha value is -4.51. The van der Waals surface area contributed by atoms with E-state index in [0.29, 0.717) is 22.7 Å². The second-order valence-electron chi connectivity index (χ2n) is 7.68. The minimum absolute atomic E-state index is 0.0107. The largest absolute Gasteiger partial charge is 0.480 e. The van der Waals surface area contributed by atoms with Gasteiger partial charge in [-0.3, -0.25) is 9.71 Å². The van der Waals surface area contributed by atoms with E-state index < -0.39 is 26.6 Å². The Balaban J connectivity index is 1.54. The molecule has 0 atom stereocenters. The molecule has 0 bridgehead atoms. The number of aromatic nitrogens is 4. The third-order valence-electron chi connectivity index (χ3n) is 5.44. The fourth-order valence-electron chi connectivity index (χ4n) is 3.77. The van der Waals surface area contributed by atoms with Crippen molar-refractivity contribution in [2.45, 2.75) is 4.90 Å². The lowest BCUT2D eigenvalue weighted by atomic mass is 10.00. The van der Waals surface area contributed by atoms with E-state index in [1.807, 2.05) is 30.3 Å². The fourth-order valence-corrected chi connectivity index (χ4v) is 4.88. The third kappa shape index (κ3) is 4.43. The molecule has 0 unspecified atom stereocenters. The highest BCUT2D eigenvalue weighted by Gasteiger charge is 2.22. The molecule has 36 heavy (non-hydrogen) atoms. The van der Waals surface area contributed by atoms with Crippen LogP contribution >= 0.6 is 0 Å². The molecule has 0 fully saturated rings. The van der Waals surface area contributed by atoms with Crippen LogP contribution in [0.1, 0.15) is 0 Å². The molecule has 3 aromatic heterocycles. The molecule has 180 valence electrons. The van der Waals surface area contributed by atoms with Crippen molar-refractivity contribution >= 4 is 26.6 Å². The van der Waals surface area contributed by atoms with E-state index in [9.17, 15) is 17.2 Å². The number of ether oxygens (including phenoxy) is 1. The molecular weight excluding hydrogens is 488 g/mol. The van der Waals surface area contributed by atoms with Crippen molar-refractivity contribution in [1.82, 2.24) is 20.2 Å². The molecule has 11 heteroatoms. The molecule has 0 aliphatic rings. The molecule has 1 N–H and O–H groups in total. The summed E-state index contributed by atoms with van der Waals surface area (Å²) in [7, 11) is -3.07. The van der Waals surface area contributed by atoms with Crippen molar-refractivity contribution in [1.29, 1.82) is 0 Å². The van der Waals surface area contributed by atoms with E-state index >= 15 is 0 Å². The van der Waals surface area contributed by atoms with Gasteiger partial charge in [-0.1, -0.05) is 12.1 Å². The van der Waals surface area contributed by atoms with Crippen LogP contribution in [0.4, 0.5) is 14.5 Å². The van der Waals surface area contributed by atoms with E-state index in [2.05, 4.69) is 24.9 Å². The van der Waals surface area contributed by atoms with E-state index in [1.54, 1.807) is 18.6 Å².